The number of hydrogen-bond donors (Lipinski definition) is 1. The molecule has 5 rings (SSSR count). The number of thioether (sulfide) groups is 1. The van der Waals surface area contributed by atoms with E-state index in [9.17, 15) is 18.0 Å². The molecule has 4 aromatic rings. The molecule has 3 aromatic carbocycles. The van der Waals surface area contributed by atoms with Gasteiger partial charge in [0.15, 0.2) is 5.17 Å². The van der Waals surface area contributed by atoms with Crippen molar-refractivity contribution in [3.63, 3.8) is 0 Å². The molecule has 0 bridgehead atoms. The minimum Gasteiger partial charge on any atom is -0.303 e. The highest BCUT2D eigenvalue weighted by Crippen LogP contribution is 2.36. The maximum absolute atomic E-state index is 13.2. The van der Waals surface area contributed by atoms with Crippen molar-refractivity contribution >= 4 is 40.7 Å². The maximum Gasteiger partial charge on any atom is 0.417 e. The number of amidine groups is 1. The molecule has 2 heterocycles. The molecule has 0 spiro atoms. The van der Waals surface area contributed by atoms with Crippen LogP contribution in [0, 0.1) is 0 Å². The quantitative estimate of drug-likeness (QED) is 0.223. The fourth-order valence-electron chi connectivity index (χ4n) is 3.88. The van der Waals surface area contributed by atoms with Crippen LogP contribution in [0.25, 0.3) is 16.9 Å². The zero-order chi connectivity index (χ0) is 26.7. The molecule has 38 heavy (non-hydrogen) atoms. The number of hydrogen-bond acceptors (Lipinski definition) is 5. The fourth-order valence-corrected chi connectivity index (χ4v) is 5.07. The van der Waals surface area contributed by atoms with Crippen molar-refractivity contribution < 1.29 is 18.0 Å². The summed E-state index contributed by atoms with van der Waals surface area (Å²) in [5.41, 5.74) is 2.64. The third kappa shape index (κ3) is 5.81. The van der Waals surface area contributed by atoms with Gasteiger partial charge in [0.25, 0.3) is 0 Å². The zero-order valence-electron chi connectivity index (χ0n) is 19.6. The highest BCUT2D eigenvalue weighted by Gasteiger charge is 2.35. The molecule has 1 saturated heterocycles. The minimum absolute atomic E-state index is 0.0848. The summed E-state index contributed by atoms with van der Waals surface area (Å²) in [5.74, 6) is -0.352. The molecule has 11 heteroatoms. The first-order valence-electron chi connectivity index (χ1n) is 11.4. The average molecular weight is 554 g/mol. The van der Waals surface area contributed by atoms with Crippen molar-refractivity contribution in [2.24, 2.45) is 10.2 Å². The third-order valence-corrected chi connectivity index (χ3v) is 7.09. The van der Waals surface area contributed by atoms with Gasteiger partial charge in [0, 0.05) is 17.3 Å². The molecule has 0 saturated carbocycles. The van der Waals surface area contributed by atoms with Crippen molar-refractivity contribution in [2.45, 2.75) is 17.8 Å². The van der Waals surface area contributed by atoms with E-state index in [0.717, 1.165) is 34.6 Å². The van der Waals surface area contributed by atoms with Crippen LogP contribution in [-0.4, -0.2) is 32.3 Å². The Morgan fingerprint density at radius 3 is 2.47 bits per heavy atom. The molecule has 1 amide bonds. The fraction of sp³-hybridized carbons (Fsp3) is 0.111. The highest BCUT2D eigenvalue weighted by atomic mass is 35.5. The summed E-state index contributed by atoms with van der Waals surface area (Å²) in [6, 6.07) is 22.9. The lowest BCUT2D eigenvalue weighted by atomic mass is 10.1. The van der Waals surface area contributed by atoms with Gasteiger partial charge >= 0.3 is 6.18 Å². The molecule has 1 fully saturated rings. The Balaban J connectivity index is 1.34. The Hall–Kier alpha value is -3.89. The van der Waals surface area contributed by atoms with Crippen LogP contribution in [0.5, 0.6) is 0 Å². The topological polar surface area (TPSA) is 71.6 Å². The second-order valence-corrected chi connectivity index (χ2v) is 9.94. The number of carbonyl (C=O) groups is 1. The van der Waals surface area contributed by atoms with Gasteiger partial charge in [-0.25, -0.2) is 4.68 Å². The standard InChI is InChI=1S/C27H19ClF3N5OS/c28-22-12-11-17(13-21(22)27(29,30)31)14-23-25(37)33-26(38-23)34-32-15-19-16-36(20-9-5-2-6-10-20)35-24(19)18-7-3-1-4-8-18/h1-13,15-16,23H,14H2,(H,33,34,37)/b32-15+. The average Bonchev–Trinajstić information content (AvgIpc) is 3.49. The summed E-state index contributed by atoms with van der Waals surface area (Å²) in [5, 5.41) is 14.9. The zero-order valence-corrected chi connectivity index (χ0v) is 21.1. The van der Waals surface area contributed by atoms with Crippen LogP contribution in [-0.2, 0) is 17.4 Å². The van der Waals surface area contributed by atoms with Crippen molar-refractivity contribution in [3.8, 4) is 16.9 Å². The molecule has 1 aliphatic rings. The monoisotopic (exact) mass is 553 g/mol. The molecule has 0 radical (unpaired) electrons. The summed E-state index contributed by atoms with van der Waals surface area (Å²) in [4.78, 5) is 12.4. The number of amides is 1. The van der Waals surface area contributed by atoms with E-state index in [-0.39, 0.29) is 22.5 Å². The Morgan fingerprint density at radius 2 is 1.76 bits per heavy atom. The highest BCUT2D eigenvalue weighted by molar-refractivity contribution is 8.15. The predicted octanol–water partition coefficient (Wildman–Crippen LogP) is 6.38. The van der Waals surface area contributed by atoms with E-state index in [2.05, 4.69) is 15.5 Å². The van der Waals surface area contributed by atoms with Gasteiger partial charge in [0.05, 0.1) is 27.7 Å². The van der Waals surface area contributed by atoms with E-state index in [1.165, 1.54) is 12.1 Å². The van der Waals surface area contributed by atoms with Crippen LogP contribution in [0.2, 0.25) is 5.02 Å². The summed E-state index contributed by atoms with van der Waals surface area (Å²) in [6.07, 6.45) is -1.10. The number of alkyl halides is 3. The van der Waals surface area contributed by atoms with Crippen LogP contribution < -0.4 is 5.32 Å². The molecule has 6 nitrogen and oxygen atoms in total. The minimum atomic E-state index is -4.58. The molecular formula is C27H19ClF3N5OS. The molecule has 1 aliphatic heterocycles. The Labute approximate surface area is 225 Å². The smallest absolute Gasteiger partial charge is 0.303 e. The normalized spacial score (nSPS) is 16.9. The number of aromatic nitrogens is 2. The molecule has 1 unspecified atom stereocenters. The van der Waals surface area contributed by atoms with Gasteiger partial charge in [0.2, 0.25) is 5.91 Å². The van der Waals surface area contributed by atoms with E-state index >= 15 is 0 Å². The molecule has 0 aliphatic carbocycles. The van der Waals surface area contributed by atoms with E-state index in [0.29, 0.717) is 11.3 Å². The summed E-state index contributed by atoms with van der Waals surface area (Å²) in [7, 11) is 0. The van der Waals surface area contributed by atoms with Crippen molar-refractivity contribution in [3.05, 3.63) is 107 Å². The Bertz CT molecular complexity index is 1520. The van der Waals surface area contributed by atoms with Gasteiger partial charge in [0.1, 0.15) is 5.69 Å². The van der Waals surface area contributed by atoms with Crippen LogP contribution in [0.1, 0.15) is 16.7 Å². The number of rotatable bonds is 6. The van der Waals surface area contributed by atoms with E-state index in [4.69, 9.17) is 16.7 Å². The lowest BCUT2D eigenvalue weighted by Gasteiger charge is -2.12. The molecule has 1 N–H and O–H groups in total. The van der Waals surface area contributed by atoms with Crippen LogP contribution >= 0.6 is 23.4 Å². The number of benzene rings is 3. The summed E-state index contributed by atoms with van der Waals surface area (Å²) in [6.45, 7) is 0. The second-order valence-electron chi connectivity index (χ2n) is 8.34. The molecule has 1 aromatic heterocycles. The van der Waals surface area contributed by atoms with Gasteiger partial charge in [-0.15, -0.1) is 5.10 Å². The predicted molar refractivity (Wildman–Crippen MR) is 144 cm³/mol. The van der Waals surface area contributed by atoms with Gasteiger partial charge in [-0.3, -0.25) is 4.79 Å². The maximum atomic E-state index is 13.2. The van der Waals surface area contributed by atoms with Crippen molar-refractivity contribution in [1.29, 1.82) is 0 Å². The van der Waals surface area contributed by atoms with E-state index < -0.39 is 17.0 Å². The number of nitrogens with one attached hydrogen (secondary N) is 1. The first-order chi connectivity index (χ1) is 18.3. The molecular weight excluding hydrogens is 535 g/mol. The van der Waals surface area contributed by atoms with Gasteiger partial charge < -0.3 is 5.32 Å². The van der Waals surface area contributed by atoms with Crippen LogP contribution in [0.4, 0.5) is 13.2 Å². The largest absolute Gasteiger partial charge is 0.417 e. The van der Waals surface area contributed by atoms with Gasteiger partial charge in [-0.1, -0.05) is 78.0 Å². The van der Waals surface area contributed by atoms with Crippen LogP contribution in [0.3, 0.4) is 0 Å². The Morgan fingerprint density at radius 1 is 1.05 bits per heavy atom. The number of carbonyl (C=O) groups excluding carboxylic acids is 1. The third-order valence-electron chi connectivity index (χ3n) is 5.69. The van der Waals surface area contributed by atoms with Gasteiger partial charge in [-0.2, -0.15) is 23.4 Å². The lowest BCUT2D eigenvalue weighted by molar-refractivity contribution is -0.137. The Kier molecular flexibility index (Phi) is 7.35. The number of nitrogens with zero attached hydrogens (tertiary/aromatic N) is 4. The van der Waals surface area contributed by atoms with E-state index in [1.807, 2.05) is 66.9 Å². The number of para-hydroxylation sites is 1. The van der Waals surface area contributed by atoms with E-state index in [1.54, 1.807) is 10.9 Å². The van der Waals surface area contributed by atoms with Crippen molar-refractivity contribution in [2.75, 3.05) is 0 Å². The molecule has 1 atom stereocenters. The first kappa shape index (κ1) is 25.7. The van der Waals surface area contributed by atoms with Crippen molar-refractivity contribution in [1.82, 2.24) is 15.1 Å². The SMILES string of the molecule is O=C1N/C(=N\N=C\c2cn(-c3ccccc3)nc2-c2ccccc2)SC1Cc1ccc(Cl)c(C(F)(F)F)c1. The first-order valence-corrected chi connectivity index (χ1v) is 12.7. The van der Waals surface area contributed by atoms with Crippen LogP contribution in [0.15, 0.2) is 95.3 Å². The molecule has 192 valence electrons. The van der Waals surface area contributed by atoms with Gasteiger partial charge in [-0.05, 0) is 36.2 Å². The lowest BCUT2D eigenvalue weighted by Crippen LogP contribution is -2.26. The summed E-state index contributed by atoms with van der Waals surface area (Å²) < 4.78 is 41.3. The number of halogens is 4. The summed E-state index contributed by atoms with van der Waals surface area (Å²) >= 11 is 6.81. The second kappa shape index (κ2) is 10.8.